The number of H-pyrrole nitrogens is 1. The largest absolute Gasteiger partial charge is 0.346 e. The molecule has 4 nitrogen and oxygen atoms in total. The molecule has 0 fully saturated rings. The Morgan fingerprint density at radius 3 is 3.20 bits per heavy atom. The maximum atomic E-state index is 12.5. The minimum Gasteiger partial charge on any atom is -0.346 e. The van der Waals surface area contributed by atoms with Crippen LogP contribution in [0.3, 0.4) is 0 Å². The van der Waals surface area contributed by atoms with Gasteiger partial charge in [0.1, 0.15) is 5.82 Å². The number of nitrogens with zero attached hydrogens (tertiary/aromatic N) is 2. The summed E-state index contributed by atoms with van der Waals surface area (Å²) in [6.07, 6.45) is 2.61. The molecular weight excluding hydrogens is 270 g/mol. The Morgan fingerprint density at radius 1 is 1.60 bits per heavy atom. The van der Waals surface area contributed by atoms with Crippen molar-refractivity contribution in [3.63, 3.8) is 0 Å². The van der Waals surface area contributed by atoms with Gasteiger partial charge in [-0.25, -0.2) is 4.98 Å². The number of aromatic amines is 1. The van der Waals surface area contributed by atoms with E-state index in [0.717, 1.165) is 36.5 Å². The zero-order valence-corrected chi connectivity index (χ0v) is 12.7. The second-order valence-corrected chi connectivity index (χ2v) is 6.29. The number of thiophene rings is 1. The molecule has 1 N–H and O–H groups in total. The lowest BCUT2D eigenvalue weighted by atomic mass is 9.89. The van der Waals surface area contributed by atoms with Crippen LogP contribution in [0, 0.1) is 12.8 Å². The standard InChI is InChI=1S/C15H19N3OS/c1-10-16-13-4-3-12(7-14(13)17-10)15(19)18(2)8-11-5-6-20-9-11/h5-6,9,12H,3-4,7-8H2,1-2H3,(H,16,17). The van der Waals surface area contributed by atoms with Crippen LogP contribution in [0.25, 0.3) is 0 Å². The van der Waals surface area contributed by atoms with E-state index in [-0.39, 0.29) is 11.8 Å². The molecule has 1 aliphatic rings. The molecule has 1 atom stereocenters. The second-order valence-electron chi connectivity index (χ2n) is 5.51. The van der Waals surface area contributed by atoms with Crippen LogP contribution < -0.4 is 0 Å². The first-order valence-electron chi connectivity index (χ1n) is 6.94. The molecule has 1 unspecified atom stereocenters. The summed E-state index contributed by atoms with van der Waals surface area (Å²) >= 11 is 1.67. The predicted octanol–water partition coefficient (Wildman–Crippen LogP) is 2.54. The molecular formula is C15H19N3OS. The Labute approximate surface area is 122 Å². The summed E-state index contributed by atoms with van der Waals surface area (Å²) in [5, 5.41) is 4.15. The highest BCUT2D eigenvalue weighted by molar-refractivity contribution is 7.07. The van der Waals surface area contributed by atoms with Gasteiger partial charge in [-0.15, -0.1) is 0 Å². The van der Waals surface area contributed by atoms with Gasteiger partial charge in [0.25, 0.3) is 0 Å². The van der Waals surface area contributed by atoms with Gasteiger partial charge in [0.05, 0.1) is 5.69 Å². The van der Waals surface area contributed by atoms with Crippen molar-refractivity contribution < 1.29 is 4.79 Å². The van der Waals surface area contributed by atoms with Crippen LogP contribution >= 0.6 is 11.3 Å². The number of hydrogen-bond donors (Lipinski definition) is 1. The summed E-state index contributed by atoms with van der Waals surface area (Å²) < 4.78 is 0. The van der Waals surface area contributed by atoms with Crippen molar-refractivity contribution in [2.24, 2.45) is 5.92 Å². The molecule has 1 aliphatic carbocycles. The lowest BCUT2D eigenvalue weighted by Gasteiger charge is -2.26. The number of imidazole rings is 1. The zero-order valence-electron chi connectivity index (χ0n) is 11.8. The van der Waals surface area contributed by atoms with Crippen LogP contribution in [0.5, 0.6) is 0 Å². The number of nitrogens with one attached hydrogen (secondary N) is 1. The Hall–Kier alpha value is -1.62. The van der Waals surface area contributed by atoms with Crippen LogP contribution in [0.1, 0.15) is 29.2 Å². The SMILES string of the molecule is Cc1nc2c([nH]1)CC(C(=O)N(C)Cc1ccsc1)CC2. The first-order valence-corrected chi connectivity index (χ1v) is 7.88. The third-order valence-corrected chi connectivity index (χ3v) is 4.62. The molecule has 1 amide bonds. The third-order valence-electron chi connectivity index (χ3n) is 3.89. The summed E-state index contributed by atoms with van der Waals surface area (Å²) in [5.74, 6) is 1.29. The molecule has 20 heavy (non-hydrogen) atoms. The quantitative estimate of drug-likeness (QED) is 0.944. The fraction of sp³-hybridized carbons (Fsp3) is 0.467. The number of fused-ring (bicyclic) bond motifs is 1. The maximum Gasteiger partial charge on any atom is 0.226 e. The Balaban J connectivity index is 1.66. The number of carbonyl (C=O) groups excluding carboxylic acids is 1. The van der Waals surface area contributed by atoms with Gasteiger partial charge in [0, 0.05) is 31.6 Å². The molecule has 0 saturated carbocycles. The fourth-order valence-corrected chi connectivity index (χ4v) is 3.54. The molecule has 0 bridgehead atoms. The number of aromatic nitrogens is 2. The highest BCUT2D eigenvalue weighted by Gasteiger charge is 2.28. The second kappa shape index (κ2) is 5.40. The normalized spacial score (nSPS) is 17.8. The molecule has 3 rings (SSSR count). The third kappa shape index (κ3) is 2.63. The molecule has 2 aromatic rings. The summed E-state index contributed by atoms with van der Waals surface area (Å²) in [5.41, 5.74) is 3.50. The van der Waals surface area contributed by atoms with E-state index in [9.17, 15) is 4.79 Å². The number of carbonyl (C=O) groups is 1. The summed E-state index contributed by atoms with van der Waals surface area (Å²) in [6, 6.07) is 2.08. The minimum atomic E-state index is 0.0889. The summed E-state index contributed by atoms with van der Waals surface area (Å²) in [6.45, 7) is 2.67. The van der Waals surface area contributed by atoms with Crippen molar-refractivity contribution in [1.29, 1.82) is 0 Å². The van der Waals surface area contributed by atoms with Gasteiger partial charge in [0.15, 0.2) is 0 Å². The van der Waals surface area contributed by atoms with Gasteiger partial charge in [-0.05, 0) is 42.2 Å². The lowest BCUT2D eigenvalue weighted by molar-refractivity contribution is -0.135. The van der Waals surface area contributed by atoms with Crippen LogP contribution in [0.2, 0.25) is 0 Å². The Bertz CT molecular complexity index is 603. The van der Waals surface area contributed by atoms with E-state index in [1.807, 2.05) is 24.3 Å². The maximum absolute atomic E-state index is 12.5. The van der Waals surface area contributed by atoms with Crippen LogP contribution in [0.15, 0.2) is 16.8 Å². The van der Waals surface area contributed by atoms with Crippen molar-refractivity contribution in [3.05, 3.63) is 39.6 Å². The molecule has 106 valence electrons. The molecule has 0 radical (unpaired) electrons. The highest BCUT2D eigenvalue weighted by atomic mass is 32.1. The van der Waals surface area contributed by atoms with Crippen LogP contribution in [-0.2, 0) is 24.2 Å². The van der Waals surface area contributed by atoms with Crippen LogP contribution in [-0.4, -0.2) is 27.8 Å². The van der Waals surface area contributed by atoms with Crippen molar-refractivity contribution >= 4 is 17.2 Å². The van der Waals surface area contributed by atoms with E-state index in [0.29, 0.717) is 6.54 Å². The molecule has 0 saturated heterocycles. The molecule has 0 spiro atoms. The fourth-order valence-electron chi connectivity index (χ4n) is 2.88. The molecule has 0 aliphatic heterocycles. The van der Waals surface area contributed by atoms with Gasteiger partial charge in [-0.1, -0.05) is 0 Å². The molecule has 2 aromatic heterocycles. The monoisotopic (exact) mass is 289 g/mol. The van der Waals surface area contributed by atoms with Crippen molar-refractivity contribution in [1.82, 2.24) is 14.9 Å². The first-order chi connectivity index (χ1) is 9.63. The van der Waals surface area contributed by atoms with E-state index in [1.54, 1.807) is 11.3 Å². The average Bonchev–Trinajstić information content (AvgIpc) is 3.04. The van der Waals surface area contributed by atoms with E-state index in [4.69, 9.17) is 0 Å². The Morgan fingerprint density at radius 2 is 2.45 bits per heavy atom. The number of rotatable bonds is 3. The van der Waals surface area contributed by atoms with E-state index in [2.05, 4.69) is 21.4 Å². The van der Waals surface area contributed by atoms with Crippen molar-refractivity contribution in [2.75, 3.05) is 7.05 Å². The topological polar surface area (TPSA) is 49.0 Å². The van der Waals surface area contributed by atoms with E-state index >= 15 is 0 Å². The lowest BCUT2D eigenvalue weighted by Crippen LogP contribution is -2.35. The van der Waals surface area contributed by atoms with Crippen molar-refractivity contribution in [3.8, 4) is 0 Å². The van der Waals surface area contributed by atoms with Gasteiger partial charge in [0.2, 0.25) is 5.91 Å². The van der Waals surface area contributed by atoms with Crippen molar-refractivity contribution in [2.45, 2.75) is 32.7 Å². The number of aryl methyl sites for hydroxylation is 2. The average molecular weight is 289 g/mol. The van der Waals surface area contributed by atoms with Gasteiger partial charge in [-0.2, -0.15) is 11.3 Å². The minimum absolute atomic E-state index is 0.0889. The number of amides is 1. The predicted molar refractivity (Wildman–Crippen MR) is 79.6 cm³/mol. The summed E-state index contributed by atoms with van der Waals surface area (Å²) in [7, 11) is 1.90. The molecule has 5 heteroatoms. The van der Waals surface area contributed by atoms with Gasteiger partial charge < -0.3 is 9.88 Å². The van der Waals surface area contributed by atoms with E-state index in [1.165, 1.54) is 5.56 Å². The van der Waals surface area contributed by atoms with E-state index < -0.39 is 0 Å². The van der Waals surface area contributed by atoms with Gasteiger partial charge >= 0.3 is 0 Å². The molecule has 2 heterocycles. The van der Waals surface area contributed by atoms with Gasteiger partial charge in [-0.3, -0.25) is 4.79 Å². The zero-order chi connectivity index (χ0) is 14.1. The first kappa shape index (κ1) is 13.4. The van der Waals surface area contributed by atoms with Crippen LogP contribution in [0.4, 0.5) is 0 Å². The summed E-state index contributed by atoms with van der Waals surface area (Å²) in [4.78, 5) is 22.1. The smallest absolute Gasteiger partial charge is 0.226 e. The molecule has 0 aromatic carbocycles. The number of hydrogen-bond acceptors (Lipinski definition) is 3. The highest BCUT2D eigenvalue weighted by Crippen LogP contribution is 2.25. The Kier molecular flexibility index (Phi) is 3.61.